The molecule has 0 bridgehead atoms. The summed E-state index contributed by atoms with van der Waals surface area (Å²) in [5, 5.41) is 21.2. The van der Waals surface area contributed by atoms with Gasteiger partial charge in [-0.15, -0.1) is 0 Å². The van der Waals surface area contributed by atoms with E-state index in [1.807, 2.05) is 41.5 Å². The van der Waals surface area contributed by atoms with Crippen molar-refractivity contribution in [1.82, 2.24) is 5.32 Å². The normalized spacial score (nSPS) is 10.6. The first-order valence-corrected chi connectivity index (χ1v) is 7.00. The molecule has 0 aliphatic carbocycles. The highest BCUT2D eigenvalue weighted by atomic mass is 35.5. The van der Waals surface area contributed by atoms with Crippen LogP contribution in [0.3, 0.4) is 0 Å². The van der Waals surface area contributed by atoms with Crippen LogP contribution >= 0.6 is 11.6 Å². The van der Waals surface area contributed by atoms with Gasteiger partial charge in [-0.25, -0.2) is 0 Å². The Balaban J connectivity index is 0. The fourth-order valence-corrected chi connectivity index (χ4v) is 1.66. The van der Waals surface area contributed by atoms with Gasteiger partial charge in [0.2, 0.25) is 0 Å². The Kier molecular flexibility index (Phi) is 11.0. The summed E-state index contributed by atoms with van der Waals surface area (Å²) in [6.07, 6.45) is 0. The third-order valence-corrected chi connectivity index (χ3v) is 2.28. The zero-order valence-corrected chi connectivity index (χ0v) is 13.2. The highest BCUT2D eigenvalue weighted by Crippen LogP contribution is 2.38. The molecule has 3 N–H and O–H groups in total. The minimum atomic E-state index is -0.324. The van der Waals surface area contributed by atoms with E-state index in [4.69, 9.17) is 11.6 Å². The van der Waals surface area contributed by atoms with E-state index in [1.54, 1.807) is 0 Å². The molecule has 1 heterocycles. The summed E-state index contributed by atoms with van der Waals surface area (Å²) in [5.41, 5.74) is 0.604. The number of halogens is 1. The Bertz CT molecular complexity index is 406. The van der Waals surface area contributed by atoms with Gasteiger partial charge in [0.15, 0.2) is 11.5 Å². The molecule has 0 saturated carbocycles. The smallest absolute Gasteiger partial charge is 0.253 e. The molecule has 0 radical (unpaired) electrons. The highest BCUT2D eigenvalue weighted by molar-refractivity contribution is 6.34. The Morgan fingerprint density at radius 3 is 2.05 bits per heavy atom. The first kappa shape index (κ1) is 19.9. The van der Waals surface area contributed by atoms with Crippen molar-refractivity contribution in [3.8, 4) is 11.5 Å². The Morgan fingerprint density at radius 1 is 1.11 bits per heavy atom. The van der Waals surface area contributed by atoms with E-state index in [-0.39, 0.29) is 34.5 Å². The predicted octanol–water partition coefficient (Wildman–Crippen LogP) is 4.07. The molecule has 1 aromatic carbocycles. The number of benzene rings is 1. The summed E-state index contributed by atoms with van der Waals surface area (Å²) in [7, 11) is 0. The first-order chi connectivity index (χ1) is 9.11. The fraction of sp³-hybridized carbons (Fsp3) is 0.500. The maximum absolute atomic E-state index is 11.2. The van der Waals surface area contributed by atoms with Crippen LogP contribution in [0.5, 0.6) is 11.5 Å². The summed E-state index contributed by atoms with van der Waals surface area (Å²) in [6, 6.07) is 1.15. The number of fused-ring (bicyclic) bond motifs is 1. The number of amides is 1. The molecular weight excluding hydrogens is 266 g/mol. The number of aromatic hydroxyl groups is 2. The van der Waals surface area contributed by atoms with Gasteiger partial charge in [0.25, 0.3) is 5.91 Å². The largest absolute Gasteiger partial charge is 0.504 e. The molecule has 110 valence electrons. The molecule has 4 nitrogen and oxygen atoms in total. The van der Waals surface area contributed by atoms with Gasteiger partial charge in [-0.2, -0.15) is 0 Å². The fourth-order valence-electron chi connectivity index (χ4n) is 1.35. The molecule has 1 aromatic rings. The lowest BCUT2D eigenvalue weighted by Gasteiger charge is -2.03. The molecule has 2 rings (SSSR count). The minimum absolute atomic E-state index is 0.153. The number of nitrogens with one attached hydrogen (secondary N) is 1. The lowest BCUT2D eigenvalue weighted by Crippen LogP contribution is -2.12. The monoisotopic (exact) mass is 289 g/mol. The van der Waals surface area contributed by atoms with Crippen LogP contribution in [0.2, 0.25) is 5.02 Å². The van der Waals surface area contributed by atoms with Crippen molar-refractivity contribution in [3.05, 3.63) is 22.2 Å². The van der Waals surface area contributed by atoms with E-state index in [2.05, 4.69) is 5.32 Å². The first-order valence-electron chi connectivity index (χ1n) is 6.62. The average molecular weight is 290 g/mol. The number of rotatable bonds is 0. The van der Waals surface area contributed by atoms with E-state index in [9.17, 15) is 15.0 Å². The minimum Gasteiger partial charge on any atom is -0.504 e. The van der Waals surface area contributed by atoms with E-state index < -0.39 is 0 Å². The van der Waals surface area contributed by atoms with Crippen LogP contribution in [0.1, 0.15) is 57.5 Å². The topological polar surface area (TPSA) is 69.6 Å². The van der Waals surface area contributed by atoms with Gasteiger partial charge in [-0.05, 0) is 0 Å². The van der Waals surface area contributed by atoms with Crippen LogP contribution in [-0.2, 0) is 6.54 Å². The van der Waals surface area contributed by atoms with Gasteiger partial charge in [-0.1, -0.05) is 53.1 Å². The van der Waals surface area contributed by atoms with Gasteiger partial charge in [-0.3, -0.25) is 4.79 Å². The number of phenols is 2. The number of hydrogen-bond acceptors (Lipinski definition) is 3. The molecule has 1 aliphatic rings. The zero-order valence-electron chi connectivity index (χ0n) is 12.5. The van der Waals surface area contributed by atoms with Crippen molar-refractivity contribution in [1.29, 1.82) is 0 Å². The summed E-state index contributed by atoms with van der Waals surface area (Å²) in [4.78, 5) is 11.2. The van der Waals surface area contributed by atoms with Gasteiger partial charge < -0.3 is 15.5 Å². The van der Waals surface area contributed by atoms with Crippen molar-refractivity contribution in [2.24, 2.45) is 0 Å². The molecule has 0 spiro atoms. The van der Waals surface area contributed by atoms with Crippen LogP contribution in [0.15, 0.2) is 6.07 Å². The van der Waals surface area contributed by atoms with Gasteiger partial charge in [0.1, 0.15) is 0 Å². The van der Waals surface area contributed by atoms with Crippen molar-refractivity contribution in [2.45, 2.75) is 48.1 Å². The Morgan fingerprint density at radius 2 is 1.58 bits per heavy atom. The van der Waals surface area contributed by atoms with Crippen molar-refractivity contribution in [3.63, 3.8) is 0 Å². The summed E-state index contributed by atoms with van der Waals surface area (Å²) in [6.45, 7) is 12.2. The van der Waals surface area contributed by atoms with Crippen molar-refractivity contribution in [2.75, 3.05) is 0 Å². The lowest BCUT2D eigenvalue weighted by molar-refractivity contribution is 0.0966. The molecule has 19 heavy (non-hydrogen) atoms. The second-order valence-electron chi connectivity index (χ2n) is 2.76. The second kappa shape index (κ2) is 10.5. The molecule has 0 atom stereocenters. The van der Waals surface area contributed by atoms with Crippen LogP contribution in [0, 0.1) is 0 Å². The van der Waals surface area contributed by atoms with E-state index >= 15 is 0 Å². The zero-order chi connectivity index (χ0) is 15.6. The molecule has 1 aliphatic heterocycles. The van der Waals surface area contributed by atoms with E-state index in [0.717, 1.165) is 6.07 Å². The maximum atomic E-state index is 11.2. The maximum Gasteiger partial charge on any atom is 0.253 e. The van der Waals surface area contributed by atoms with Gasteiger partial charge in [0.05, 0.1) is 10.6 Å². The number of phenolic OH excluding ortho intramolecular Hbond substituents is 2. The number of hydrogen-bond donors (Lipinski definition) is 3. The van der Waals surface area contributed by atoms with E-state index in [0.29, 0.717) is 5.56 Å². The Hall–Kier alpha value is -1.42. The third kappa shape index (κ3) is 4.63. The third-order valence-electron chi connectivity index (χ3n) is 1.99. The van der Waals surface area contributed by atoms with Gasteiger partial charge in [0, 0.05) is 18.2 Å². The molecule has 0 aromatic heterocycles. The lowest BCUT2D eigenvalue weighted by atomic mass is 10.1. The molecule has 5 heteroatoms. The van der Waals surface area contributed by atoms with Crippen LogP contribution in [-0.4, -0.2) is 16.1 Å². The number of carbonyl (C=O) groups is 1. The Labute approximate surface area is 120 Å². The number of carbonyl (C=O) groups excluding carboxylic acids is 1. The molecule has 0 saturated heterocycles. The van der Waals surface area contributed by atoms with Crippen LogP contribution in [0.4, 0.5) is 0 Å². The van der Waals surface area contributed by atoms with Crippen molar-refractivity contribution < 1.29 is 15.0 Å². The summed E-state index contributed by atoms with van der Waals surface area (Å²) < 4.78 is 0. The summed E-state index contributed by atoms with van der Waals surface area (Å²) >= 11 is 5.71. The van der Waals surface area contributed by atoms with Gasteiger partial charge >= 0.3 is 0 Å². The van der Waals surface area contributed by atoms with Crippen LogP contribution < -0.4 is 5.32 Å². The molecule has 0 fully saturated rings. The predicted molar refractivity (Wildman–Crippen MR) is 80.0 cm³/mol. The quantitative estimate of drug-likeness (QED) is 0.631. The van der Waals surface area contributed by atoms with E-state index in [1.165, 1.54) is 0 Å². The molecule has 0 unspecified atom stereocenters. The molecular formula is C14H24ClNO3. The highest BCUT2D eigenvalue weighted by Gasteiger charge is 2.26. The van der Waals surface area contributed by atoms with Crippen molar-refractivity contribution >= 4 is 17.5 Å². The van der Waals surface area contributed by atoms with Crippen LogP contribution in [0.25, 0.3) is 0 Å². The SMILES string of the molecule is CC.CC.CC.O=C1NCc2c(O)c(O)cc(Cl)c21. The summed E-state index contributed by atoms with van der Waals surface area (Å²) in [5.74, 6) is -0.909. The average Bonchev–Trinajstić information content (AvgIpc) is 2.86. The standard InChI is InChI=1S/C8H6ClNO3.3C2H6/c9-4-1-5(11)7(12)3-2-10-8(13)6(3)4;3*1-2/h1,11-12H,2H2,(H,10,13);3*1-2H3. The second-order valence-corrected chi connectivity index (χ2v) is 3.17. The molecule has 1 amide bonds.